The van der Waals surface area contributed by atoms with Gasteiger partial charge in [-0.15, -0.1) is 0 Å². The molecule has 3 heteroatoms. The average molecular weight is 155 g/mol. The molecule has 0 saturated heterocycles. The molecule has 1 saturated carbocycles. The Morgan fingerprint density at radius 2 is 2.27 bits per heavy atom. The van der Waals surface area contributed by atoms with E-state index in [1.807, 2.05) is 0 Å². The van der Waals surface area contributed by atoms with Crippen LogP contribution in [0.3, 0.4) is 0 Å². The third kappa shape index (κ3) is 2.49. The normalized spacial score (nSPS) is 19.3. The minimum atomic E-state index is -0.157. The minimum absolute atomic E-state index is 0.157. The van der Waals surface area contributed by atoms with Crippen LogP contribution in [0, 0.1) is 16.7 Å². The van der Waals surface area contributed by atoms with Gasteiger partial charge in [-0.1, -0.05) is 0 Å². The lowest BCUT2D eigenvalue weighted by molar-refractivity contribution is 0.0934. The predicted molar refractivity (Wildman–Crippen MR) is 39.8 cm³/mol. The number of nitrogens with zero attached hydrogens (tertiary/aromatic N) is 1. The van der Waals surface area contributed by atoms with E-state index >= 15 is 0 Å². The molecule has 0 aliphatic heterocycles. The first kappa shape index (κ1) is 8.51. The number of rotatable bonds is 5. The molecule has 1 fully saturated rings. The van der Waals surface area contributed by atoms with Gasteiger partial charge in [-0.3, -0.25) is 0 Å². The van der Waals surface area contributed by atoms with Crippen molar-refractivity contribution in [2.75, 3.05) is 19.8 Å². The van der Waals surface area contributed by atoms with Crippen LogP contribution in [0.1, 0.15) is 19.3 Å². The Kier molecular flexibility index (Phi) is 2.86. The van der Waals surface area contributed by atoms with Gasteiger partial charge in [0.1, 0.15) is 0 Å². The Bertz CT molecular complexity index is 158. The molecule has 0 amide bonds. The first-order chi connectivity index (χ1) is 5.33. The number of aliphatic hydroxyl groups is 1. The highest BCUT2D eigenvalue weighted by Crippen LogP contribution is 2.44. The summed E-state index contributed by atoms with van der Waals surface area (Å²) in [6.45, 7) is 1.28. The SMILES string of the molecule is N#CC1(COCCCO)CC1. The Hall–Kier alpha value is -0.590. The molecule has 1 aliphatic rings. The Morgan fingerprint density at radius 3 is 2.73 bits per heavy atom. The van der Waals surface area contributed by atoms with Gasteiger partial charge in [-0.25, -0.2) is 0 Å². The van der Waals surface area contributed by atoms with E-state index in [4.69, 9.17) is 15.1 Å². The maximum atomic E-state index is 8.63. The maximum absolute atomic E-state index is 8.63. The van der Waals surface area contributed by atoms with Gasteiger partial charge in [0.05, 0.1) is 18.1 Å². The lowest BCUT2D eigenvalue weighted by Gasteiger charge is -2.05. The average Bonchev–Trinajstić information content (AvgIpc) is 2.80. The van der Waals surface area contributed by atoms with Gasteiger partial charge in [0, 0.05) is 13.2 Å². The molecule has 11 heavy (non-hydrogen) atoms. The van der Waals surface area contributed by atoms with E-state index in [9.17, 15) is 0 Å². The van der Waals surface area contributed by atoms with Crippen LogP contribution >= 0.6 is 0 Å². The van der Waals surface area contributed by atoms with Gasteiger partial charge in [-0.2, -0.15) is 5.26 Å². The lowest BCUT2D eigenvalue weighted by Crippen LogP contribution is -2.09. The molecule has 1 aliphatic carbocycles. The van der Waals surface area contributed by atoms with Crippen LogP contribution in [0.15, 0.2) is 0 Å². The second kappa shape index (κ2) is 3.70. The summed E-state index contributed by atoms with van der Waals surface area (Å²) in [5.74, 6) is 0. The van der Waals surface area contributed by atoms with E-state index in [0.29, 0.717) is 19.6 Å². The number of nitriles is 1. The fourth-order valence-electron chi connectivity index (χ4n) is 0.873. The molecule has 0 aromatic rings. The summed E-state index contributed by atoms with van der Waals surface area (Å²) in [5.41, 5.74) is -0.157. The zero-order valence-corrected chi connectivity index (χ0v) is 6.55. The van der Waals surface area contributed by atoms with E-state index in [0.717, 1.165) is 12.8 Å². The van der Waals surface area contributed by atoms with Crippen molar-refractivity contribution in [3.05, 3.63) is 0 Å². The minimum Gasteiger partial charge on any atom is -0.396 e. The summed E-state index contributed by atoms with van der Waals surface area (Å²) >= 11 is 0. The van der Waals surface area contributed by atoms with Gasteiger partial charge in [-0.05, 0) is 19.3 Å². The second-order valence-electron chi connectivity index (χ2n) is 3.02. The van der Waals surface area contributed by atoms with Crippen molar-refractivity contribution in [3.63, 3.8) is 0 Å². The highest BCUT2D eigenvalue weighted by atomic mass is 16.5. The first-order valence-corrected chi connectivity index (χ1v) is 3.93. The zero-order valence-electron chi connectivity index (χ0n) is 6.55. The largest absolute Gasteiger partial charge is 0.396 e. The van der Waals surface area contributed by atoms with Crippen molar-refractivity contribution >= 4 is 0 Å². The summed E-state index contributed by atoms with van der Waals surface area (Å²) in [6, 6.07) is 2.24. The summed E-state index contributed by atoms with van der Waals surface area (Å²) in [4.78, 5) is 0. The Labute approximate surface area is 66.6 Å². The van der Waals surface area contributed by atoms with E-state index in [1.54, 1.807) is 0 Å². The second-order valence-corrected chi connectivity index (χ2v) is 3.02. The van der Waals surface area contributed by atoms with Crippen LogP contribution < -0.4 is 0 Å². The van der Waals surface area contributed by atoms with Crippen molar-refractivity contribution in [1.29, 1.82) is 5.26 Å². The third-order valence-electron chi connectivity index (χ3n) is 1.92. The van der Waals surface area contributed by atoms with Crippen LogP contribution in [0.2, 0.25) is 0 Å². The molecule has 1 rings (SSSR count). The maximum Gasteiger partial charge on any atom is 0.0808 e. The van der Waals surface area contributed by atoms with Crippen LogP contribution in [0.4, 0.5) is 0 Å². The third-order valence-corrected chi connectivity index (χ3v) is 1.92. The standard InChI is InChI=1S/C8H13NO2/c9-6-8(2-3-8)7-11-5-1-4-10/h10H,1-5,7H2. The monoisotopic (exact) mass is 155 g/mol. The van der Waals surface area contributed by atoms with Crippen LogP contribution in [0.25, 0.3) is 0 Å². The number of ether oxygens (including phenoxy) is 1. The van der Waals surface area contributed by atoms with Gasteiger partial charge in [0.25, 0.3) is 0 Å². The summed E-state index contributed by atoms with van der Waals surface area (Å²) in [6.07, 6.45) is 2.62. The first-order valence-electron chi connectivity index (χ1n) is 3.93. The molecule has 0 heterocycles. The highest BCUT2D eigenvalue weighted by Gasteiger charge is 2.43. The van der Waals surface area contributed by atoms with Gasteiger partial charge in [0.15, 0.2) is 0 Å². The molecule has 0 bridgehead atoms. The smallest absolute Gasteiger partial charge is 0.0808 e. The number of hydrogen-bond donors (Lipinski definition) is 1. The van der Waals surface area contributed by atoms with E-state index < -0.39 is 0 Å². The molecular formula is C8H13NO2. The molecular weight excluding hydrogens is 142 g/mol. The zero-order chi connectivity index (χ0) is 8.16. The number of hydrogen-bond acceptors (Lipinski definition) is 3. The van der Waals surface area contributed by atoms with Gasteiger partial charge in [0.2, 0.25) is 0 Å². The molecule has 1 N–H and O–H groups in total. The summed E-state index contributed by atoms with van der Waals surface area (Å²) in [5, 5.41) is 17.1. The molecule has 62 valence electrons. The van der Waals surface area contributed by atoms with Gasteiger partial charge >= 0.3 is 0 Å². The molecule has 0 unspecified atom stereocenters. The quantitative estimate of drug-likeness (QED) is 0.594. The summed E-state index contributed by atoms with van der Waals surface area (Å²) in [7, 11) is 0. The molecule has 0 aromatic heterocycles. The molecule has 0 atom stereocenters. The Balaban J connectivity index is 2.00. The van der Waals surface area contributed by atoms with E-state index in [-0.39, 0.29) is 12.0 Å². The van der Waals surface area contributed by atoms with Crippen LogP contribution in [-0.4, -0.2) is 24.9 Å². The molecule has 0 radical (unpaired) electrons. The van der Waals surface area contributed by atoms with Crippen molar-refractivity contribution < 1.29 is 9.84 Å². The van der Waals surface area contributed by atoms with Gasteiger partial charge < -0.3 is 9.84 Å². The fourth-order valence-corrected chi connectivity index (χ4v) is 0.873. The molecule has 0 spiro atoms. The lowest BCUT2D eigenvalue weighted by atomic mass is 10.1. The molecule has 3 nitrogen and oxygen atoms in total. The topological polar surface area (TPSA) is 53.2 Å². The van der Waals surface area contributed by atoms with Crippen LogP contribution in [-0.2, 0) is 4.74 Å². The predicted octanol–water partition coefficient (Wildman–Crippen LogP) is 0.689. The number of aliphatic hydroxyl groups excluding tert-OH is 1. The van der Waals surface area contributed by atoms with E-state index in [2.05, 4.69) is 6.07 Å². The Morgan fingerprint density at radius 1 is 1.55 bits per heavy atom. The highest BCUT2D eigenvalue weighted by molar-refractivity contribution is 5.09. The summed E-state index contributed by atoms with van der Waals surface area (Å²) < 4.78 is 5.21. The van der Waals surface area contributed by atoms with Crippen molar-refractivity contribution in [2.45, 2.75) is 19.3 Å². The van der Waals surface area contributed by atoms with Crippen molar-refractivity contribution in [1.82, 2.24) is 0 Å². The van der Waals surface area contributed by atoms with E-state index in [1.165, 1.54) is 0 Å². The molecule has 0 aromatic carbocycles. The van der Waals surface area contributed by atoms with Crippen molar-refractivity contribution in [3.8, 4) is 6.07 Å². The van der Waals surface area contributed by atoms with Crippen molar-refractivity contribution in [2.24, 2.45) is 5.41 Å². The van der Waals surface area contributed by atoms with Crippen LogP contribution in [0.5, 0.6) is 0 Å². The fraction of sp³-hybridized carbons (Fsp3) is 0.875.